The van der Waals surface area contributed by atoms with Gasteiger partial charge in [0.25, 0.3) is 0 Å². The maximum absolute atomic E-state index is 12.4. The van der Waals surface area contributed by atoms with Crippen molar-refractivity contribution in [2.45, 2.75) is 20.3 Å². The van der Waals surface area contributed by atoms with E-state index in [-0.39, 0.29) is 30.7 Å². The minimum atomic E-state index is -0.270. The lowest BCUT2D eigenvalue weighted by Gasteiger charge is -2.34. The summed E-state index contributed by atoms with van der Waals surface area (Å²) >= 11 is 0. The standard InChI is InChI=1S/C24H30N4O4/c1-18-5-3-7-21(19(18)2)26-23(30)17-27-12-14-28(15-13-27)24(31)10-11-25-22(29)9-8-20-6-4-16-32-20/h3-9,16H,10-15,17H2,1-2H3,(H,25,29)(H,26,30)/b9-8+. The monoisotopic (exact) mass is 438 g/mol. The zero-order valence-corrected chi connectivity index (χ0v) is 18.6. The average Bonchev–Trinajstić information content (AvgIpc) is 3.30. The molecule has 32 heavy (non-hydrogen) atoms. The van der Waals surface area contributed by atoms with Crippen molar-refractivity contribution in [3.05, 3.63) is 59.6 Å². The van der Waals surface area contributed by atoms with Crippen LogP contribution in [0, 0.1) is 13.8 Å². The number of carbonyl (C=O) groups is 3. The molecule has 1 saturated heterocycles. The Labute approximate surface area is 188 Å². The van der Waals surface area contributed by atoms with Crippen molar-refractivity contribution >= 4 is 29.5 Å². The number of aryl methyl sites for hydroxylation is 1. The highest BCUT2D eigenvalue weighted by atomic mass is 16.3. The molecule has 1 aliphatic heterocycles. The van der Waals surface area contributed by atoms with Crippen LogP contribution in [-0.2, 0) is 14.4 Å². The second-order valence-corrected chi connectivity index (χ2v) is 7.84. The maximum atomic E-state index is 12.4. The molecule has 2 heterocycles. The number of piperazine rings is 1. The fourth-order valence-corrected chi connectivity index (χ4v) is 3.49. The Morgan fingerprint density at radius 1 is 1.06 bits per heavy atom. The van der Waals surface area contributed by atoms with E-state index in [1.807, 2.05) is 36.9 Å². The number of rotatable bonds is 8. The average molecular weight is 439 g/mol. The van der Waals surface area contributed by atoms with Crippen LogP contribution < -0.4 is 10.6 Å². The zero-order chi connectivity index (χ0) is 22.9. The predicted octanol–water partition coefficient (Wildman–Crippen LogP) is 2.20. The van der Waals surface area contributed by atoms with Crippen LogP contribution in [0.25, 0.3) is 6.08 Å². The molecule has 1 aliphatic rings. The molecule has 0 unspecified atom stereocenters. The fourth-order valence-electron chi connectivity index (χ4n) is 3.49. The molecule has 0 aliphatic carbocycles. The number of benzene rings is 1. The van der Waals surface area contributed by atoms with E-state index in [4.69, 9.17) is 4.42 Å². The molecule has 3 amide bonds. The second-order valence-electron chi connectivity index (χ2n) is 7.84. The smallest absolute Gasteiger partial charge is 0.244 e. The second kappa shape index (κ2) is 11.3. The van der Waals surface area contributed by atoms with Gasteiger partial charge in [-0.2, -0.15) is 0 Å². The summed E-state index contributed by atoms with van der Waals surface area (Å²) in [6.07, 6.45) is 4.74. The van der Waals surface area contributed by atoms with E-state index < -0.39 is 0 Å². The molecule has 0 spiro atoms. The predicted molar refractivity (Wildman–Crippen MR) is 123 cm³/mol. The van der Waals surface area contributed by atoms with Crippen molar-refractivity contribution in [1.82, 2.24) is 15.1 Å². The first-order valence-electron chi connectivity index (χ1n) is 10.8. The molecule has 0 atom stereocenters. The fraction of sp³-hybridized carbons (Fsp3) is 0.375. The molecule has 0 radical (unpaired) electrons. The van der Waals surface area contributed by atoms with E-state index in [1.165, 1.54) is 12.3 Å². The third-order valence-corrected chi connectivity index (χ3v) is 5.55. The van der Waals surface area contributed by atoms with Gasteiger partial charge in [-0.25, -0.2) is 0 Å². The van der Waals surface area contributed by atoms with Crippen molar-refractivity contribution in [1.29, 1.82) is 0 Å². The van der Waals surface area contributed by atoms with E-state index in [9.17, 15) is 14.4 Å². The quantitative estimate of drug-likeness (QED) is 0.616. The molecular weight excluding hydrogens is 408 g/mol. The van der Waals surface area contributed by atoms with E-state index in [0.717, 1.165) is 16.8 Å². The van der Waals surface area contributed by atoms with Gasteiger partial charge in [0, 0.05) is 50.9 Å². The summed E-state index contributed by atoms with van der Waals surface area (Å²) in [6, 6.07) is 9.35. The number of hydrogen-bond acceptors (Lipinski definition) is 5. The lowest BCUT2D eigenvalue weighted by Crippen LogP contribution is -2.50. The molecule has 1 aromatic carbocycles. The van der Waals surface area contributed by atoms with Crippen LogP contribution >= 0.6 is 0 Å². The Kier molecular flexibility index (Phi) is 8.21. The molecule has 1 aromatic heterocycles. The van der Waals surface area contributed by atoms with Gasteiger partial charge >= 0.3 is 0 Å². The highest BCUT2D eigenvalue weighted by molar-refractivity contribution is 5.93. The summed E-state index contributed by atoms with van der Waals surface area (Å²) in [5.74, 6) is 0.272. The van der Waals surface area contributed by atoms with Gasteiger partial charge in [0.1, 0.15) is 5.76 Å². The van der Waals surface area contributed by atoms with E-state index >= 15 is 0 Å². The first-order chi connectivity index (χ1) is 15.4. The molecule has 2 N–H and O–H groups in total. The Morgan fingerprint density at radius 2 is 1.84 bits per heavy atom. The minimum Gasteiger partial charge on any atom is -0.465 e. The van der Waals surface area contributed by atoms with Gasteiger partial charge in [-0.3, -0.25) is 19.3 Å². The van der Waals surface area contributed by atoms with Gasteiger partial charge in [-0.15, -0.1) is 0 Å². The summed E-state index contributed by atoms with van der Waals surface area (Å²) in [6.45, 7) is 7.02. The van der Waals surface area contributed by atoms with Crippen LogP contribution in [0.15, 0.2) is 47.1 Å². The van der Waals surface area contributed by atoms with Crippen LogP contribution in [0.1, 0.15) is 23.3 Å². The third-order valence-electron chi connectivity index (χ3n) is 5.55. The normalized spacial score (nSPS) is 14.5. The van der Waals surface area contributed by atoms with Crippen LogP contribution in [-0.4, -0.2) is 66.8 Å². The van der Waals surface area contributed by atoms with Gasteiger partial charge in [0.2, 0.25) is 17.7 Å². The lowest BCUT2D eigenvalue weighted by atomic mass is 10.1. The highest BCUT2D eigenvalue weighted by Crippen LogP contribution is 2.18. The summed E-state index contributed by atoms with van der Waals surface area (Å²) in [4.78, 5) is 40.4. The van der Waals surface area contributed by atoms with Gasteiger partial charge in [-0.05, 0) is 49.2 Å². The molecule has 2 aromatic rings. The molecule has 0 bridgehead atoms. The van der Waals surface area contributed by atoms with Crippen molar-refractivity contribution in [2.75, 3.05) is 44.6 Å². The van der Waals surface area contributed by atoms with Gasteiger partial charge in [0.05, 0.1) is 12.8 Å². The third kappa shape index (κ3) is 6.81. The molecule has 8 heteroatoms. The number of anilines is 1. The van der Waals surface area contributed by atoms with Crippen LogP contribution in [0.3, 0.4) is 0 Å². The molecule has 3 rings (SSSR count). The SMILES string of the molecule is Cc1cccc(NC(=O)CN2CCN(C(=O)CCNC(=O)/C=C/c3ccco3)CC2)c1C. The van der Waals surface area contributed by atoms with E-state index in [2.05, 4.69) is 10.6 Å². The summed E-state index contributed by atoms with van der Waals surface area (Å²) < 4.78 is 5.12. The highest BCUT2D eigenvalue weighted by Gasteiger charge is 2.22. The largest absolute Gasteiger partial charge is 0.465 e. The molecular formula is C24H30N4O4. The Morgan fingerprint density at radius 3 is 2.56 bits per heavy atom. The van der Waals surface area contributed by atoms with Gasteiger partial charge < -0.3 is 20.0 Å². The van der Waals surface area contributed by atoms with Gasteiger partial charge in [-0.1, -0.05) is 12.1 Å². The maximum Gasteiger partial charge on any atom is 0.244 e. The number of amides is 3. The molecule has 170 valence electrons. The number of carbonyl (C=O) groups excluding carboxylic acids is 3. The number of furan rings is 1. The number of hydrogen-bond donors (Lipinski definition) is 2. The number of nitrogens with one attached hydrogen (secondary N) is 2. The topological polar surface area (TPSA) is 94.9 Å². The Hall–Kier alpha value is -3.39. The molecule has 0 saturated carbocycles. The van der Waals surface area contributed by atoms with Gasteiger partial charge in [0.15, 0.2) is 0 Å². The van der Waals surface area contributed by atoms with E-state index in [0.29, 0.717) is 38.5 Å². The van der Waals surface area contributed by atoms with Crippen molar-refractivity contribution in [2.24, 2.45) is 0 Å². The number of nitrogens with zero attached hydrogens (tertiary/aromatic N) is 2. The Balaban J connectivity index is 1.34. The van der Waals surface area contributed by atoms with Crippen molar-refractivity contribution in [3.8, 4) is 0 Å². The molecule has 1 fully saturated rings. The lowest BCUT2D eigenvalue weighted by molar-refractivity contribution is -0.133. The zero-order valence-electron chi connectivity index (χ0n) is 18.6. The summed E-state index contributed by atoms with van der Waals surface area (Å²) in [7, 11) is 0. The summed E-state index contributed by atoms with van der Waals surface area (Å²) in [5, 5.41) is 5.68. The first kappa shape index (κ1) is 23.3. The summed E-state index contributed by atoms with van der Waals surface area (Å²) in [5.41, 5.74) is 3.05. The molecule has 8 nitrogen and oxygen atoms in total. The minimum absolute atomic E-state index is 0.000184. The van der Waals surface area contributed by atoms with Crippen molar-refractivity contribution in [3.63, 3.8) is 0 Å². The van der Waals surface area contributed by atoms with Crippen LogP contribution in [0.2, 0.25) is 0 Å². The van der Waals surface area contributed by atoms with E-state index in [1.54, 1.807) is 23.1 Å². The van der Waals surface area contributed by atoms with Crippen LogP contribution in [0.4, 0.5) is 5.69 Å². The van der Waals surface area contributed by atoms with Crippen molar-refractivity contribution < 1.29 is 18.8 Å². The Bertz CT molecular complexity index is 960. The van der Waals surface area contributed by atoms with Crippen LogP contribution in [0.5, 0.6) is 0 Å². The first-order valence-corrected chi connectivity index (χ1v) is 10.8.